The van der Waals surface area contributed by atoms with E-state index >= 15 is 0 Å². The molecular formula is C134H86N4S2. The molecule has 22 aromatic carbocycles. The fraction of sp³-hybridized carbons (Fsp3) is 0.0149. The van der Waals surface area contributed by atoms with Crippen molar-refractivity contribution in [2.75, 3.05) is 9.80 Å². The summed E-state index contributed by atoms with van der Waals surface area (Å²) in [5.41, 5.74) is 40.8. The molecule has 0 N–H and O–H groups in total. The van der Waals surface area contributed by atoms with Crippen molar-refractivity contribution in [3.8, 4) is 89.3 Å². The average Bonchev–Trinajstić information content (AvgIpc) is 1.50. The van der Waals surface area contributed by atoms with Crippen LogP contribution >= 0.6 is 22.7 Å². The van der Waals surface area contributed by atoms with Crippen LogP contribution in [0.1, 0.15) is 44.5 Å². The molecule has 3 aliphatic rings. The fourth-order valence-electron chi connectivity index (χ4n) is 23.9. The zero-order valence-electron chi connectivity index (χ0n) is 76.3. The summed E-state index contributed by atoms with van der Waals surface area (Å²) in [4.78, 5) is 4.89. The smallest absolute Gasteiger partial charge is 0.0726 e. The zero-order valence-corrected chi connectivity index (χ0v) is 77.9. The highest BCUT2D eigenvalue weighted by molar-refractivity contribution is 7.27. The van der Waals surface area contributed by atoms with Crippen molar-refractivity contribution in [3.05, 3.63) is 566 Å². The molecular weight excluding hydrogens is 1730 g/mol. The molecule has 29 rings (SSSR count). The molecule has 0 amide bonds. The lowest BCUT2D eigenvalue weighted by Crippen LogP contribution is -2.28. The monoisotopic (exact) mass is 1810 g/mol. The maximum absolute atomic E-state index is 2.49. The van der Waals surface area contributed by atoms with Crippen molar-refractivity contribution in [1.82, 2.24) is 9.13 Å². The van der Waals surface area contributed by atoms with E-state index in [4.69, 9.17) is 0 Å². The first kappa shape index (κ1) is 80.9. The summed E-state index contributed by atoms with van der Waals surface area (Å²) < 4.78 is 10.1. The van der Waals surface area contributed by atoms with Gasteiger partial charge in [0.1, 0.15) is 0 Å². The van der Waals surface area contributed by atoms with Crippen LogP contribution in [0.4, 0.5) is 34.1 Å². The Morgan fingerprint density at radius 3 is 0.821 bits per heavy atom. The molecule has 0 bridgehead atoms. The lowest BCUT2D eigenvalue weighted by atomic mass is 9.67. The van der Waals surface area contributed by atoms with Crippen molar-refractivity contribution in [1.29, 1.82) is 0 Å². The van der Waals surface area contributed by atoms with E-state index < -0.39 is 10.8 Å². The molecule has 0 saturated carbocycles. The Morgan fingerprint density at radius 1 is 0.179 bits per heavy atom. The van der Waals surface area contributed by atoms with Crippen molar-refractivity contribution in [2.45, 2.75) is 10.8 Å². The van der Waals surface area contributed by atoms with Gasteiger partial charge in [0.25, 0.3) is 0 Å². The lowest BCUT2D eigenvalue weighted by molar-refractivity contribution is 0.768. The molecule has 4 heterocycles. The van der Waals surface area contributed by atoms with Gasteiger partial charge in [-0.1, -0.05) is 388 Å². The molecule has 0 aliphatic heterocycles. The number of thiophene rings is 2. The summed E-state index contributed by atoms with van der Waals surface area (Å²) in [5, 5.41) is 10.2. The number of fused-ring (bicyclic) bond motifs is 27. The summed E-state index contributed by atoms with van der Waals surface area (Å²) in [5.74, 6) is 0. The standard InChI is InChI=1S/C67H42N2S.C67H44N2S/c1-3-17-43(18-4-1)44-31-35-47(36-32-44)68(49-39-40-53-52-23-9-14-28-60(52)67(61(53)41-49)58-26-12-7-21-50(58)51-22-8-13-27-59(51)67)48-37-33-45(34-38-48)56-42-57-54-24-10-15-29-62(54)69(46-19-5-2-6-20-46)65(57)64-55-25-11-16-30-63(55)70-66(56)64;1-5-19-45(20-6-1)46-33-37-51(38-34-46)68(53-41-42-55-54-27-13-16-30-60(54)67(61(55)43-53,48-21-7-2-8-22-48)49-23-9-3-10-24-49)52-39-35-47(36-40-52)58-44-59-56-28-14-17-31-62(56)69(50-25-11-4-12-26-50)65(59)64-57-29-15-18-32-63(57)70-66(58)64/h1-42H;1-44H. The third kappa shape index (κ3) is 12.4. The molecule has 0 unspecified atom stereocenters. The lowest BCUT2D eigenvalue weighted by Gasteiger charge is -2.35. The van der Waals surface area contributed by atoms with Crippen LogP contribution in [0.2, 0.25) is 0 Å². The molecule has 0 fully saturated rings. The number of para-hydroxylation sites is 4. The molecule has 3 aliphatic carbocycles. The van der Waals surface area contributed by atoms with Crippen LogP contribution in [0.15, 0.2) is 522 Å². The molecule has 6 heteroatoms. The number of aromatic nitrogens is 2. The second-order valence-corrected chi connectivity index (χ2v) is 39.2. The maximum Gasteiger partial charge on any atom is 0.0726 e. The number of rotatable bonds is 14. The van der Waals surface area contributed by atoms with Crippen LogP contribution in [-0.2, 0) is 10.8 Å². The Labute approximate surface area is 819 Å². The SMILES string of the molecule is c1ccc(-c2ccc(N(c3ccc(-c4cc5c6ccccc6n(-c6ccccc6)c5c5c4sc4ccccc45)cc3)c3ccc4c(c3)C(c3ccccc3)(c3ccccc3)c3ccccc3-4)cc2)cc1.c1ccc(-c2ccc(N(c3ccc(-c4cc5c6ccccc6n(-c6ccccc6)c5c5c4sc4ccccc45)cc3)c3ccc4c(c3)C3(c5ccccc5-c5ccccc53)c3ccccc3-4)cc2)cc1. The maximum atomic E-state index is 2.49. The van der Waals surface area contributed by atoms with Gasteiger partial charge in [-0.05, 0) is 245 Å². The van der Waals surface area contributed by atoms with E-state index in [1.54, 1.807) is 0 Å². The molecule has 1 spiro atoms. The van der Waals surface area contributed by atoms with Crippen LogP contribution in [0, 0.1) is 0 Å². The van der Waals surface area contributed by atoms with Gasteiger partial charge in [-0.2, -0.15) is 0 Å². The van der Waals surface area contributed by atoms with E-state index in [9.17, 15) is 0 Å². The Bertz CT molecular complexity index is 8830. The molecule has 0 radical (unpaired) electrons. The van der Waals surface area contributed by atoms with Crippen LogP contribution in [-0.4, -0.2) is 9.13 Å². The van der Waals surface area contributed by atoms with E-state index in [0.717, 1.165) is 34.1 Å². The summed E-state index contributed by atoms with van der Waals surface area (Å²) in [6.07, 6.45) is 0. The quantitative estimate of drug-likeness (QED) is 0.108. The average molecular weight is 1820 g/mol. The normalized spacial score (nSPS) is 12.8. The molecule has 140 heavy (non-hydrogen) atoms. The van der Waals surface area contributed by atoms with Crippen LogP contribution in [0.25, 0.3) is 173 Å². The predicted octanol–water partition coefficient (Wildman–Crippen LogP) is 36.6. The largest absolute Gasteiger partial charge is 0.310 e. The molecule has 0 saturated heterocycles. The Kier molecular flexibility index (Phi) is 18.9. The molecule has 654 valence electrons. The molecule has 4 nitrogen and oxygen atoms in total. The molecule has 4 aromatic heterocycles. The Hall–Kier alpha value is -17.5. The van der Waals surface area contributed by atoms with Gasteiger partial charge >= 0.3 is 0 Å². The van der Waals surface area contributed by atoms with Crippen molar-refractivity contribution < 1.29 is 0 Å². The second kappa shape index (κ2) is 32.6. The minimum absolute atomic E-state index is 0.445. The first-order valence-electron chi connectivity index (χ1n) is 48.2. The summed E-state index contributed by atoms with van der Waals surface area (Å²) in [6, 6.07) is 193. The van der Waals surface area contributed by atoms with Crippen LogP contribution in [0.5, 0.6) is 0 Å². The highest BCUT2D eigenvalue weighted by atomic mass is 32.1. The Morgan fingerprint density at radius 2 is 0.450 bits per heavy atom. The van der Waals surface area contributed by atoms with Crippen molar-refractivity contribution >= 4 is 141 Å². The van der Waals surface area contributed by atoms with Crippen LogP contribution < -0.4 is 9.80 Å². The number of nitrogens with zero attached hydrogens (tertiary/aromatic N) is 4. The van der Waals surface area contributed by atoms with Crippen molar-refractivity contribution in [3.63, 3.8) is 0 Å². The van der Waals surface area contributed by atoms with Gasteiger partial charge in [-0.15, -0.1) is 22.7 Å². The fourth-order valence-corrected chi connectivity index (χ4v) is 26.4. The minimum atomic E-state index is -0.519. The first-order valence-corrected chi connectivity index (χ1v) is 49.9. The number of anilines is 6. The van der Waals surface area contributed by atoms with Gasteiger partial charge in [0.05, 0.1) is 32.9 Å². The highest BCUT2D eigenvalue weighted by Gasteiger charge is 2.52. The van der Waals surface area contributed by atoms with Crippen LogP contribution in [0.3, 0.4) is 0 Å². The number of hydrogen-bond donors (Lipinski definition) is 0. The number of benzene rings is 22. The van der Waals surface area contributed by atoms with Gasteiger partial charge < -0.3 is 18.9 Å². The summed E-state index contributed by atoms with van der Waals surface area (Å²) >= 11 is 3.79. The van der Waals surface area contributed by atoms with E-state index in [1.807, 2.05) is 22.7 Å². The van der Waals surface area contributed by atoms with E-state index in [0.29, 0.717) is 0 Å². The van der Waals surface area contributed by atoms with Crippen molar-refractivity contribution in [2.24, 2.45) is 0 Å². The summed E-state index contributed by atoms with van der Waals surface area (Å²) in [7, 11) is 0. The van der Waals surface area contributed by atoms with Gasteiger partial charge in [0.2, 0.25) is 0 Å². The van der Waals surface area contributed by atoms with Gasteiger partial charge in [-0.25, -0.2) is 0 Å². The van der Waals surface area contributed by atoms with E-state index in [2.05, 4.69) is 541 Å². The molecule has 26 aromatic rings. The molecule has 0 atom stereocenters. The number of hydrogen-bond acceptors (Lipinski definition) is 4. The van der Waals surface area contributed by atoms with Gasteiger partial charge in [0, 0.05) is 119 Å². The predicted molar refractivity (Wildman–Crippen MR) is 592 cm³/mol. The highest BCUT2D eigenvalue weighted by Crippen LogP contribution is 2.65. The zero-order chi connectivity index (χ0) is 92.1. The van der Waals surface area contributed by atoms with Gasteiger partial charge in [0.15, 0.2) is 0 Å². The topological polar surface area (TPSA) is 16.3 Å². The third-order valence-electron chi connectivity index (χ3n) is 29.9. The van der Waals surface area contributed by atoms with E-state index in [1.165, 1.54) is 218 Å². The first-order chi connectivity index (χ1) is 69.5. The second-order valence-electron chi connectivity index (χ2n) is 37.1. The minimum Gasteiger partial charge on any atom is -0.310 e. The van der Waals surface area contributed by atoms with Gasteiger partial charge in [-0.3, -0.25) is 0 Å². The third-order valence-corrected chi connectivity index (χ3v) is 32.3. The Balaban J connectivity index is 0.000000137. The van der Waals surface area contributed by atoms with E-state index in [-0.39, 0.29) is 0 Å². The summed E-state index contributed by atoms with van der Waals surface area (Å²) in [6.45, 7) is 0.